The number of carbonyl (C=O) groups is 1. The van der Waals surface area contributed by atoms with Gasteiger partial charge in [-0.3, -0.25) is 9.36 Å². The molecule has 144 valence electrons. The minimum absolute atomic E-state index is 0.0876. The number of anilines is 1. The Morgan fingerprint density at radius 3 is 2.57 bits per heavy atom. The summed E-state index contributed by atoms with van der Waals surface area (Å²) in [5, 5.41) is 11.9. The van der Waals surface area contributed by atoms with Gasteiger partial charge in [-0.05, 0) is 43.3 Å². The van der Waals surface area contributed by atoms with Crippen LogP contribution < -0.4 is 10.1 Å². The monoisotopic (exact) mass is 394 g/mol. The van der Waals surface area contributed by atoms with Gasteiger partial charge in [-0.2, -0.15) is 0 Å². The molecule has 1 aromatic heterocycles. The summed E-state index contributed by atoms with van der Waals surface area (Å²) in [5.74, 6) is 1.41. The summed E-state index contributed by atoms with van der Waals surface area (Å²) in [4.78, 5) is 12.5. The van der Waals surface area contributed by atoms with Gasteiger partial charge in [0, 0.05) is 17.8 Å². The lowest BCUT2D eigenvalue weighted by Gasteiger charge is -2.13. The number of thioether (sulfide) groups is 1. The molecule has 1 unspecified atom stereocenters. The highest BCUT2D eigenvalue weighted by Gasteiger charge is 2.20. The summed E-state index contributed by atoms with van der Waals surface area (Å²) < 4.78 is 7.16. The Morgan fingerprint density at radius 2 is 1.93 bits per heavy atom. The second kappa shape index (κ2) is 9.23. The zero-order valence-electron chi connectivity index (χ0n) is 15.8. The number of ether oxygens (including phenoxy) is 1. The van der Waals surface area contributed by atoms with Gasteiger partial charge >= 0.3 is 0 Å². The highest BCUT2D eigenvalue weighted by atomic mass is 32.2. The quantitative estimate of drug-likeness (QED) is 0.457. The molecule has 3 aromatic rings. The molecule has 1 heterocycles. The SMILES string of the molecule is C=CCn1c(SC(C)C(=O)Nc2ccccc2)nnc1-c1ccc(OC)cc1. The molecule has 6 nitrogen and oxygen atoms in total. The maximum absolute atomic E-state index is 12.5. The van der Waals surface area contributed by atoms with Gasteiger partial charge in [-0.15, -0.1) is 16.8 Å². The number of carbonyl (C=O) groups excluding carboxylic acids is 1. The number of amides is 1. The fraction of sp³-hybridized carbons (Fsp3) is 0.190. The number of para-hydroxylation sites is 1. The Balaban J connectivity index is 1.78. The van der Waals surface area contributed by atoms with Crippen molar-refractivity contribution in [1.29, 1.82) is 0 Å². The molecule has 1 amide bonds. The van der Waals surface area contributed by atoms with Gasteiger partial charge < -0.3 is 10.1 Å². The van der Waals surface area contributed by atoms with Gasteiger partial charge in [0.05, 0.1) is 12.4 Å². The predicted molar refractivity (Wildman–Crippen MR) is 113 cm³/mol. The molecule has 1 atom stereocenters. The van der Waals surface area contributed by atoms with Gasteiger partial charge in [0.15, 0.2) is 11.0 Å². The van der Waals surface area contributed by atoms with Crippen molar-refractivity contribution >= 4 is 23.4 Å². The molecule has 3 rings (SSSR count). The number of benzene rings is 2. The van der Waals surface area contributed by atoms with E-state index in [0.29, 0.717) is 11.7 Å². The van der Waals surface area contributed by atoms with Crippen LogP contribution in [0.25, 0.3) is 11.4 Å². The maximum atomic E-state index is 12.5. The number of hydrogen-bond donors (Lipinski definition) is 1. The van der Waals surface area contributed by atoms with Crippen molar-refractivity contribution in [2.45, 2.75) is 23.9 Å². The summed E-state index contributed by atoms with van der Waals surface area (Å²) in [5.41, 5.74) is 1.69. The fourth-order valence-corrected chi connectivity index (χ4v) is 3.46. The lowest BCUT2D eigenvalue weighted by atomic mass is 10.2. The Hall–Kier alpha value is -3.06. The third-order valence-corrected chi connectivity index (χ3v) is 5.15. The van der Waals surface area contributed by atoms with Crippen molar-refractivity contribution in [3.8, 4) is 17.1 Å². The first-order chi connectivity index (χ1) is 13.6. The van der Waals surface area contributed by atoms with Crippen LogP contribution in [0.1, 0.15) is 6.92 Å². The van der Waals surface area contributed by atoms with Crippen molar-refractivity contribution < 1.29 is 9.53 Å². The van der Waals surface area contributed by atoms with Gasteiger partial charge in [0.2, 0.25) is 5.91 Å². The zero-order valence-corrected chi connectivity index (χ0v) is 16.6. The van der Waals surface area contributed by atoms with Gasteiger partial charge in [-0.25, -0.2) is 0 Å². The second-order valence-corrected chi connectivity index (χ2v) is 7.36. The predicted octanol–water partition coefficient (Wildman–Crippen LogP) is 4.26. The van der Waals surface area contributed by atoms with Crippen molar-refractivity contribution in [2.75, 3.05) is 12.4 Å². The summed E-state index contributed by atoms with van der Waals surface area (Å²) in [6.07, 6.45) is 1.79. The summed E-state index contributed by atoms with van der Waals surface area (Å²) in [6, 6.07) is 17.0. The number of methoxy groups -OCH3 is 1. The van der Waals surface area contributed by atoms with Crippen molar-refractivity contribution in [2.24, 2.45) is 0 Å². The van der Waals surface area contributed by atoms with E-state index in [-0.39, 0.29) is 11.2 Å². The van der Waals surface area contributed by atoms with E-state index in [0.717, 1.165) is 22.8 Å². The van der Waals surface area contributed by atoms with E-state index < -0.39 is 0 Å². The molecule has 0 spiro atoms. The van der Waals surface area contributed by atoms with Crippen LogP contribution in [0.5, 0.6) is 5.75 Å². The minimum Gasteiger partial charge on any atom is -0.497 e. The molecular formula is C21H22N4O2S. The number of rotatable bonds is 8. The Bertz CT molecular complexity index is 939. The van der Waals surface area contributed by atoms with Crippen LogP contribution in [0.3, 0.4) is 0 Å². The molecule has 1 N–H and O–H groups in total. The fourth-order valence-electron chi connectivity index (χ4n) is 2.60. The third kappa shape index (κ3) is 4.61. The second-order valence-electron chi connectivity index (χ2n) is 6.05. The Morgan fingerprint density at radius 1 is 1.21 bits per heavy atom. The molecule has 0 aliphatic heterocycles. The number of nitrogens with zero attached hydrogens (tertiary/aromatic N) is 3. The average Bonchev–Trinajstić information content (AvgIpc) is 3.11. The highest BCUT2D eigenvalue weighted by Crippen LogP contribution is 2.28. The summed E-state index contributed by atoms with van der Waals surface area (Å²) in [7, 11) is 1.63. The van der Waals surface area contributed by atoms with E-state index in [2.05, 4.69) is 22.1 Å². The number of hydrogen-bond acceptors (Lipinski definition) is 5. The molecule has 28 heavy (non-hydrogen) atoms. The van der Waals surface area contributed by atoms with Crippen LogP contribution in [0.2, 0.25) is 0 Å². The van der Waals surface area contributed by atoms with Crippen molar-refractivity contribution in [3.05, 3.63) is 67.3 Å². The van der Waals surface area contributed by atoms with Crippen LogP contribution in [-0.2, 0) is 11.3 Å². The van der Waals surface area contributed by atoms with E-state index >= 15 is 0 Å². The Labute approximate surface area is 168 Å². The number of nitrogens with one attached hydrogen (secondary N) is 1. The van der Waals surface area contributed by atoms with E-state index in [1.54, 1.807) is 13.2 Å². The number of aromatic nitrogens is 3. The lowest BCUT2D eigenvalue weighted by Crippen LogP contribution is -2.22. The van der Waals surface area contributed by atoms with Crippen LogP contribution >= 0.6 is 11.8 Å². The Kier molecular flexibility index (Phi) is 6.49. The number of allylic oxidation sites excluding steroid dienone is 1. The first kappa shape index (κ1) is 19.7. The molecule has 7 heteroatoms. The van der Waals surface area contributed by atoms with E-state index in [9.17, 15) is 4.79 Å². The van der Waals surface area contributed by atoms with E-state index in [1.165, 1.54) is 11.8 Å². The first-order valence-electron chi connectivity index (χ1n) is 8.83. The zero-order chi connectivity index (χ0) is 19.9. The maximum Gasteiger partial charge on any atom is 0.237 e. The molecule has 0 radical (unpaired) electrons. The molecule has 0 fully saturated rings. The highest BCUT2D eigenvalue weighted by molar-refractivity contribution is 8.00. The lowest BCUT2D eigenvalue weighted by molar-refractivity contribution is -0.115. The molecule has 2 aromatic carbocycles. The topological polar surface area (TPSA) is 69.0 Å². The van der Waals surface area contributed by atoms with E-state index in [4.69, 9.17) is 4.74 Å². The average molecular weight is 395 g/mol. The minimum atomic E-state index is -0.336. The first-order valence-corrected chi connectivity index (χ1v) is 9.71. The normalized spacial score (nSPS) is 11.6. The van der Waals surface area contributed by atoms with Crippen LogP contribution in [-0.4, -0.2) is 33.0 Å². The molecule has 0 aliphatic carbocycles. The van der Waals surface area contributed by atoms with Crippen LogP contribution in [0, 0.1) is 0 Å². The van der Waals surface area contributed by atoms with Crippen LogP contribution in [0.15, 0.2) is 72.4 Å². The summed E-state index contributed by atoms with van der Waals surface area (Å²) >= 11 is 1.37. The van der Waals surface area contributed by atoms with Crippen LogP contribution in [0.4, 0.5) is 5.69 Å². The molecule has 0 saturated heterocycles. The van der Waals surface area contributed by atoms with Gasteiger partial charge in [0.25, 0.3) is 0 Å². The van der Waals surface area contributed by atoms with E-state index in [1.807, 2.05) is 66.1 Å². The standard InChI is InChI=1S/C21H22N4O2S/c1-4-14-25-19(16-10-12-18(27-3)13-11-16)23-24-21(25)28-15(2)20(26)22-17-8-6-5-7-9-17/h4-13,15H,1,14H2,2-3H3,(H,22,26). The summed E-state index contributed by atoms with van der Waals surface area (Å²) in [6.45, 7) is 6.22. The molecular weight excluding hydrogens is 372 g/mol. The van der Waals surface area contributed by atoms with Crippen molar-refractivity contribution in [3.63, 3.8) is 0 Å². The molecule has 0 saturated carbocycles. The van der Waals surface area contributed by atoms with Crippen molar-refractivity contribution in [1.82, 2.24) is 14.8 Å². The van der Waals surface area contributed by atoms with Gasteiger partial charge in [0.1, 0.15) is 5.75 Å². The molecule has 0 bridgehead atoms. The largest absolute Gasteiger partial charge is 0.497 e. The smallest absolute Gasteiger partial charge is 0.237 e. The molecule has 0 aliphatic rings. The third-order valence-electron chi connectivity index (χ3n) is 4.07. The van der Waals surface area contributed by atoms with Gasteiger partial charge in [-0.1, -0.05) is 36.0 Å².